The van der Waals surface area contributed by atoms with Crippen LogP contribution in [0.2, 0.25) is 0 Å². The maximum absolute atomic E-state index is 12.5. The molecule has 2 aromatic rings. The van der Waals surface area contributed by atoms with Crippen LogP contribution >= 0.6 is 11.3 Å². The van der Waals surface area contributed by atoms with E-state index in [1.807, 2.05) is 6.07 Å². The Morgan fingerprint density at radius 2 is 2.00 bits per heavy atom. The zero-order valence-corrected chi connectivity index (χ0v) is 17.4. The Morgan fingerprint density at radius 3 is 2.67 bits per heavy atom. The molecule has 2 fully saturated rings. The van der Waals surface area contributed by atoms with Gasteiger partial charge in [0, 0.05) is 56.6 Å². The molecule has 2 aromatic heterocycles. The lowest BCUT2D eigenvalue weighted by Gasteiger charge is -2.38. The molecular formula is C19H22N8O2S. The molecular weight excluding hydrogens is 404 g/mol. The number of rotatable bonds is 5. The predicted octanol–water partition coefficient (Wildman–Crippen LogP) is 1.32. The van der Waals surface area contributed by atoms with Gasteiger partial charge >= 0.3 is 6.03 Å². The molecule has 0 aliphatic carbocycles. The fourth-order valence-electron chi connectivity index (χ4n) is 3.81. The second-order valence-electron chi connectivity index (χ2n) is 7.66. The van der Waals surface area contributed by atoms with Crippen LogP contribution in [0, 0.1) is 11.3 Å². The highest BCUT2D eigenvalue weighted by molar-refractivity contribution is 7.15. The molecule has 2 saturated heterocycles. The molecule has 10 nitrogen and oxygen atoms in total. The van der Waals surface area contributed by atoms with E-state index in [1.165, 1.54) is 30.7 Å². The molecule has 0 atom stereocenters. The lowest BCUT2D eigenvalue weighted by atomic mass is 9.88. The van der Waals surface area contributed by atoms with Gasteiger partial charge in [-0.2, -0.15) is 5.26 Å². The number of amides is 3. The first-order valence-corrected chi connectivity index (χ1v) is 10.5. The number of piperidine rings is 1. The first-order valence-electron chi connectivity index (χ1n) is 9.67. The van der Waals surface area contributed by atoms with Crippen LogP contribution in [0.5, 0.6) is 0 Å². The molecule has 0 bridgehead atoms. The standard InChI is InChI=1S/C19H22N8O2S/c1-13(28)24-17-23-9-15(30-17)10-26-4-2-19(3-5-26)12-27(18(29)25-19)11-16-21-7-14(6-20)8-22-16/h7-9H,2-5,10-12H2,1H3,(H,25,29)(H,23,24,28). The number of thiazole rings is 1. The summed E-state index contributed by atoms with van der Waals surface area (Å²) in [5, 5.41) is 15.3. The van der Waals surface area contributed by atoms with Crippen LogP contribution in [-0.4, -0.2) is 61.9 Å². The van der Waals surface area contributed by atoms with Crippen molar-refractivity contribution in [3.8, 4) is 6.07 Å². The van der Waals surface area contributed by atoms with Gasteiger partial charge < -0.3 is 15.5 Å². The SMILES string of the molecule is CC(=O)Nc1ncc(CN2CCC3(CC2)CN(Cc2ncc(C#N)cn2)C(=O)N3)s1. The summed E-state index contributed by atoms with van der Waals surface area (Å²) in [5.41, 5.74) is 0.175. The van der Waals surface area contributed by atoms with E-state index in [0.717, 1.165) is 37.4 Å². The zero-order chi connectivity index (χ0) is 21.1. The maximum Gasteiger partial charge on any atom is 0.318 e. The van der Waals surface area contributed by atoms with Crippen molar-refractivity contribution in [1.29, 1.82) is 5.26 Å². The Bertz CT molecular complexity index is 975. The summed E-state index contributed by atoms with van der Waals surface area (Å²) in [4.78, 5) is 41.4. The number of carbonyl (C=O) groups excluding carboxylic acids is 2. The summed E-state index contributed by atoms with van der Waals surface area (Å²) in [5.74, 6) is 0.405. The van der Waals surface area contributed by atoms with Gasteiger partial charge in [0.15, 0.2) is 5.13 Å². The second kappa shape index (κ2) is 8.33. The summed E-state index contributed by atoms with van der Waals surface area (Å²) in [7, 11) is 0. The molecule has 4 heterocycles. The van der Waals surface area contributed by atoms with Crippen molar-refractivity contribution >= 4 is 28.4 Å². The molecule has 156 valence electrons. The largest absolute Gasteiger partial charge is 0.331 e. The van der Waals surface area contributed by atoms with Gasteiger partial charge in [0.2, 0.25) is 5.91 Å². The highest BCUT2D eigenvalue weighted by Gasteiger charge is 2.44. The molecule has 3 amide bonds. The van der Waals surface area contributed by atoms with Gasteiger partial charge in [0.25, 0.3) is 0 Å². The summed E-state index contributed by atoms with van der Waals surface area (Å²) >= 11 is 1.49. The smallest absolute Gasteiger partial charge is 0.318 e. The molecule has 0 radical (unpaired) electrons. The predicted molar refractivity (Wildman–Crippen MR) is 109 cm³/mol. The molecule has 4 rings (SSSR count). The first kappa shape index (κ1) is 20.2. The highest BCUT2D eigenvalue weighted by Crippen LogP contribution is 2.30. The molecule has 2 aliphatic rings. The minimum absolute atomic E-state index is 0.0983. The van der Waals surface area contributed by atoms with Crippen LogP contribution in [0.3, 0.4) is 0 Å². The number of urea groups is 1. The monoisotopic (exact) mass is 426 g/mol. The number of likely N-dealkylation sites (tertiary alicyclic amines) is 1. The molecule has 0 aromatic carbocycles. The third-order valence-electron chi connectivity index (χ3n) is 5.35. The van der Waals surface area contributed by atoms with Gasteiger partial charge in [0.1, 0.15) is 11.9 Å². The van der Waals surface area contributed by atoms with Crippen molar-refractivity contribution < 1.29 is 9.59 Å². The number of nitriles is 1. The number of hydrogen-bond donors (Lipinski definition) is 2. The van der Waals surface area contributed by atoms with Gasteiger partial charge in [-0.25, -0.2) is 19.7 Å². The third-order valence-corrected chi connectivity index (χ3v) is 6.25. The minimum atomic E-state index is -0.227. The number of carbonyl (C=O) groups is 2. The van der Waals surface area contributed by atoms with E-state index in [9.17, 15) is 9.59 Å². The molecule has 11 heteroatoms. The van der Waals surface area contributed by atoms with E-state index >= 15 is 0 Å². The lowest BCUT2D eigenvalue weighted by Crippen LogP contribution is -2.52. The number of nitrogens with one attached hydrogen (secondary N) is 2. The normalized spacial score (nSPS) is 18.3. The second-order valence-corrected chi connectivity index (χ2v) is 8.77. The summed E-state index contributed by atoms with van der Waals surface area (Å²) in [6.07, 6.45) is 6.47. The Balaban J connectivity index is 1.30. The van der Waals surface area contributed by atoms with Crippen molar-refractivity contribution in [1.82, 2.24) is 30.1 Å². The van der Waals surface area contributed by atoms with E-state index in [4.69, 9.17) is 5.26 Å². The molecule has 30 heavy (non-hydrogen) atoms. The van der Waals surface area contributed by atoms with E-state index in [0.29, 0.717) is 29.6 Å². The van der Waals surface area contributed by atoms with Crippen molar-refractivity contribution in [3.63, 3.8) is 0 Å². The minimum Gasteiger partial charge on any atom is -0.331 e. The molecule has 1 spiro atoms. The van der Waals surface area contributed by atoms with Gasteiger partial charge in [-0.05, 0) is 12.8 Å². The number of aromatic nitrogens is 3. The van der Waals surface area contributed by atoms with Crippen LogP contribution in [0.4, 0.5) is 9.93 Å². The average molecular weight is 427 g/mol. The lowest BCUT2D eigenvalue weighted by molar-refractivity contribution is -0.114. The van der Waals surface area contributed by atoms with Crippen molar-refractivity contribution in [2.75, 3.05) is 25.0 Å². The van der Waals surface area contributed by atoms with E-state index < -0.39 is 0 Å². The number of hydrogen-bond acceptors (Lipinski definition) is 8. The third kappa shape index (κ3) is 4.55. The topological polar surface area (TPSA) is 127 Å². The van der Waals surface area contributed by atoms with Crippen molar-refractivity contribution in [3.05, 3.63) is 34.9 Å². The molecule has 2 N–H and O–H groups in total. The summed E-state index contributed by atoms with van der Waals surface area (Å²) in [6, 6.07) is 1.89. The van der Waals surface area contributed by atoms with E-state index in [1.54, 1.807) is 11.1 Å². The summed E-state index contributed by atoms with van der Waals surface area (Å²) in [6.45, 7) is 4.94. The first-order chi connectivity index (χ1) is 14.4. The van der Waals surface area contributed by atoms with E-state index in [2.05, 4.69) is 30.5 Å². The Hall–Kier alpha value is -3.10. The molecule has 0 saturated carbocycles. The Morgan fingerprint density at radius 1 is 1.27 bits per heavy atom. The number of nitrogens with zero attached hydrogens (tertiary/aromatic N) is 6. The van der Waals surface area contributed by atoms with E-state index in [-0.39, 0.29) is 17.5 Å². The van der Waals surface area contributed by atoms with Crippen LogP contribution in [-0.2, 0) is 17.9 Å². The van der Waals surface area contributed by atoms with Crippen LogP contribution < -0.4 is 10.6 Å². The Kier molecular flexibility index (Phi) is 5.61. The maximum atomic E-state index is 12.5. The quantitative estimate of drug-likeness (QED) is 0.738. The Labute approximate surface area is 177 Å². The number of anilines is 1. The summed E-state index contributed by atoms with van der Waals surface area (Å²) < 4.78 is 0. The molecule has 0 unspecified atom stereocenters. The van der Waals surface area contributed by atoms with Crippen LogP contribution in [0.1, 0.15) is 36.0 Å². The van der Waals surface area contributed by atoms with Crippen LogP contribution in [0.25, 0.3) is 0 Å². The van der Waals surface area contributed by atoms with Crippen LogP contribution in [0.15, 0.2) is 18.6 Å². The molecule has 2 aliphatic heterocycles. The van der Waals surface area contributed by atoms with Gasteiger partial charge in [0.05, 0.1) is 17.6 Å². The zero-order valence-electron chi connectivity index (χ0n) is 16.6. The van der Waals surface area contributed by atoms with Gasteiger partial charge in [-0.3, -0.25) is 9.69 Å². The van der Waals surface area contributed by atoms with Gasteiger partial charge in [-0.15, -0.1) is 11.3 Å². The van der Waals surface area contributed by atoms with Gasteiger partial charge in [-0.1, -0.05) is 0 Å². The van der Waals surface area contributed by atoms with Crippen molar-refractivity contribution in [2.45, 2.75) is 38.4 Å². The average Bonchev–Trinajstić information content (AvgIpc) is 3.28. The fourth-order valence-corrected chi connectivity index (χ4v) is 4.71. The highest BCUT2D eigenvalue weighted by atomic mass is 32.1. The fraction of sp³-hybridized carbons (Fsp3) is 0.474. The van der Waals surface area contributed by atoms with Crippen molar-refractivity contribution in [2.24, 2.45) is 0 Å².